The summed E-state index contributed by atoms with van der Waals surface area (Å²) < 4.78 is 23.4. The number of hydrogen-bond donors (Lipinski definition) is 1. The van der Waals surface area contributed by atoms with Crippen molar-refractivity contribution < 1.29 is 13.9 Å². The van der Waals surface area contributed by atoms with Gasteiger partial charge in [-0.3, -0.25) is 0 Å². The molecule has 0 atom stereocenters. The zero-order chi connectivity index (χ0) is 15.1. The molecule has 2 aromatic carbocycles. The Labute approximate surface area is 124 Å². The molecule has 0 saturated heterocycles. The van der Waals surface area contributed by atoms with Crippen molar-refractivity contribution in [1.82, 2.24) is 5.32 Å². The highest BCUT2D eigenvalue weighted by Gasteiger charge is 2.04. The molecule has 0 fully saturated rings. The van der Waals surface area contributed by atoms with Crippen LogP contribution in [0, 0.1) is 5.82 Å². The van der Waals surface area contributed by atoms with Gasteiger partial charge in [-0.2, -0.15) is 0 Å². The third-order valence-electron chi connectivity index (χ3n) is 3.31. The van der Waals surface area contributed by atoms with Gasteiger partial charge in [0, 0.05) is 12.1 Å². The zero-order valence-corrected chi connectivity index (χ0v) is 12.4. The topological polar surface area (TPSA) is 30.5 Å². The molecule has 0 aliphatic carbocycles. The largest absolute Gasteiger partial charge is 0.497 e. The highest BCUT2D eigenvalue weighted by molar-refractivity contribution is 5.40. The molecule has 0 spiro atoms. The van der Waals surface area contributed by atoms with Gasteiger partial charge in [0.05, 0.1) is 14.2 Å². The number of halogens is 1. The molecule has 0 saturated carbocycles. The molecule has 2 rings (SSSR count). The van der Waals surface area contributed by atoms with Crippen LogP contribution in [0.15, 0.2) is 42.5 Å². The first-order valence-corrected chi connectivity index (χ1v) is 6.89. The molecule has 2 aromatic rings. The van der Waals surface area contributed by atoms with E-state index in [2.05, 4.69) is 5.32 Å². The summed E-state index contributed by atoms with van der Waals surface area (Å²) in [6.45, 7) is 1.51. The smallest absolute Gasteiger partial charge is 0.123 e. The van der Waals surface area contributed by atoms with E-state index < -0.39 is 0 Å². The number of rotatable bonds is 7. The third-order valence-corrected chi connectivity index (χ3v) is 3.31. The van der Waals surface area contributed by atoms with Crippen LogP contribution < -0.4 is 14.8 Å². The normalized spacial score (nSPS) is 10.4. The van der Waals surface area contributed by atoms with Crippen LogP contribution in [-0.4, -0.2) is 20.8 Å². The number of methoxy groups -OCH3 is 2. The molecule has 0 radical (unpaired) electrons. The van der Waals surface area contributed by atoms with Gasteiger partial charge in [-0.15, -0.1) is 0 Å². The van der Waals surface area contributed by atoms with E-state index in [1.54, 1.807) is 14.2 Å². The Kier molecular flexibility index (Phi) is 5.58. The summed E-state index contributed by atoms with van der Waals surface area (Å²) in [4.78, 5) is 0. The maximum absolute atomic E-state index is 12.8. The van der Waals surface area contributed by atoms with E-state index in [1.807, 2.05) is 30.3 Å². The summed E-state index contributed by atoms with van der Waals surface area (Å²) in [5.74, 6) is 1.45. The van der Waals surface area contributed by atoms with Crippen molar-refractivity contribution >= 4 is 0 Å². The van der Waals surface area contributed by atoms with Crippen molar-refractivity contribution in [2.45, 2.75) is 13.0 Å². The van der Waals surface area contributed by atoms with E-state index in [4.69, 9.17) is 9.47 Å². The second-order valence-corrected chi connectivity index (χ2v) is 4.73. The molecule has 0 aliphatic heterocycles. The maximum Gasteiger partial charge on any atom is 0.123 e. The average molecular weight is 289 g/mol. The van der Waals surface area contributed by atoms with Crippen molar-refractivity contribution in [3.05, 3.63) is 59.4 Å². The van der Waals surface area contributed by atoms with Crippen molar-refractivity contribution in [2.24, 2.45) is 0 Å². The Hall–Kier alpha value is -2.07. The van der Waals surface area contributed by atoms with Crippen LogP contribution >= 0.6 is 0 Å². The first-order valence-electron chi connectivity index (χ1n) is 6.89. The average Bonchev–Trinajstić information content (AvgIpc) is 2.53. The lowest BCUT2D eigenvalue weighted by atomic mass is 10.1. The quantitative estimate of drug-likeness (QED) is 0.794. The molecule has 0 aromatic heterocycles. The predicted octanol–water partition coefficient (Wildman–Crippen LogP) is 3.18. The molecule has 0 bridgehead atoms. The van der Waals surface area contributed by atoms with E-state index in [9.17, 15) is 4.39 Å². The molecule has 3 nitrogen and oxygen atoms in total. The van der Waals surface area contributed by atoms with Gasteiger partial charge in [0.15, 0.2) is 0 Å². The standard InChI is InChI=1S/C17H20FNO2/c1-20-16-7-8-17(21-2)14(11-16)12-19-10-9-13-3-5-15(18)6-4-13/h3-8,11,19H,9-10,12H2,1-2H3. The first kappa shape index (κ1) is 15.3. The Morgan fingerprint density at radius 2 is 1.76 bits per heavy atom. The van der Waals surface area contributed by atoms with Crippen molar-refractivity contribution in [3.63, 3.8) is 0 Å². The van der Waals surface area contributed by atoms with E-state index >= 15 is 0 Å². The molecule has 0 heterocycles. The lowest BCUT2D eigenvalue weighted by molar-refractivity contribution is 0.397. The monoisotopic (exact) mass is 289 g/mol. The van der Waals surface area contributed by atoms with Crippen LogP contribution in [0.2, 0.25) is 0 Å². The molecule has 112 valence electrons. The predicted molar refractivity (Wildman–Crippen MR) is 81.4 cm³/mol. The highest BCUT2D eigenvalue weighted by Crippen LogP contribution is 2.23. The minimum atomic E-state index is -0.201. The van der Waals surface area contributed by atoms with Crippen molar-refractivity contribution in [1.29, 1.82) is 0 Å². The van der Waals surface area contributed by atoms with Gasteiger partial charge >= 0.3 is 0 Å². The second kappa shape index (κ2) is 7.64. The SMILES string of the molecule is COc1ccc(OC)c(CNCCc2ccc(F)cc2)c1. The molecule has 1 N–H and O–H groups in total. The van der Waals surface area contributed by atoms with E-state index in [-0.39, 0.29) is 5.82 Å². The van der Waals surface area contributed by atoms with Crippen LogP contribution in [0.5, 0.6) is 11.5 Å². The minimum Gasteiger partial charge on any atom is -0.497 e. The van der Waals surface area contributed by atoms with Gasteiger partial charge in [0.25, 0.3) is 0 Å². The number of ether oxygens (including phenoxy) is 2. The van der Waals surface area contributed by atoms with Crippen LogP contribution in [0.1, 0.15) is 11.1 Å². The summed E-state index contributed by atoms with van der Waals surface area (Å²) in [6.07, 6.45) is 0.854. The Balaban J connectivity index is 1.86. The Bertz CT molecular complexity index is 570. The van der Waals surface area contributed by atoms with Crippen molar-refractivity contribution in [3.8, 4) is 11.5 Å². The molecule has 0 unspecified atom stereocenters. The first-order chi connectivity index (χ1) is 10.2. The number of nitrogens with one attached hydrogen (secondary N) is 1. The Morgan fingerprint density at radius 1 is 1.00 bits per heavy atom. The van der Waals surface area contributed by atoms with E-state index in [0.717, 1.165) is 35.6 Å². The molecule has 0 amide bonds. The number of hydrogen-bond acceptors (Lipinski definition) is 3. The van der Waals surface area contributed by atoms with Crippen LogP contribution in [0.3, 0.4) is 0 Å². The summed E-state index contributed by atoms with van der Waals surface area (Å²) in [5.41, 5.74) is 2.16. The minimum absolute atomic E-state index is 0.201. The zero-order valence-electron chi connectivity index (χ0n) is 12.4. The summed E-state index contributed by atoms with van der Waals surface area (Å²) in [6, 6.07) is 12.3. The van der Waals surface area contributed by atoms with Gasteiger partial charge in [0.2, 0.25) is 0 Å². The second-order valence-electron chi connectivity index (χ2n) is 4.73. The fourth-order valence-corrected chi connectivity index (χ4v) is 2.13. The lowest BCUT2D eigenvalue weighted by Crippen LogP contribution is -2.17. The summed E-state index contributed by atoms with van der Waals surface area (Å²) in [5, 5.41) is 3.36. The molecule has 0 aliphatic rings. The van der Waals surface area contributed by atoms with Crippen LogP contribution in [-0.2, 0) is 13.0 Å². The lowest BCUT2D eigenvalue weighted by Gasteiger charge is -2.11. The number of benzene rings is 2. The van der Waals surface area contributed by atoms with E-state index in [1.165, 1.54) is 12.1 Å². The van der Waals surface area contributed by atoms with E-state index in [0.29, 0.717) is 6.54 Å². The maximum atomic E-state index is 12.8. The molecule has 4 heteroatoms. The fourth-order valence-electron chi connectivity index (χ4n) is 2.13. The molecular formula is C17H20FNO2. The molecular weight excluding hydrogens is 269 g/mol. The Morgan fingerprint density at radius 3 is 2.43 bits per heavy atom. The van der Waals surface area contributed by atoms with Crippen LogP contribution in [0.25, 0.3) is 0 Å². The highest BCUT2D eigenvalue weighted by atomic mass is 19.1. The van der Waals surface area contributed by atoms with Gasteiger partial charge in [-0.25, -0.2) is 4.39 Å². The van der Waals surface area contributed by atoms with Gasteiger partial charge in [0.1, 0.15) is 17.3 Å². The van der Waals surface area contributed by atoms with Gasteiger partial charge in [-0.05, 0) is 48.9 Å². The van der Waals surface area contributed by atoms with Crippen molar-refractivity contribution in [2.75, 3.05) is 20.8 Å². The van der Waals surface area contributed by atoms with Gasteiger partial charge < -0.3 is 14.8 Å². The third kappa shape index (κ3) is 4.46. The summed E-state index contributed by atoms with van der Waals surface area (Å²) in [7, 11) is 3.30. The van der Waals surface area contributed by atoms with Gasteiger partial charge in [-0.1, -0.05) is 12.1 Å². The summed E-state index contributed by atoms with van der Waals surface area (Å²) >= 11 is 0. The fraction of sp³-hybridized carbons (Fsp3) is 0.294. The molecule has 21 heavy (non-hydrogen) atoms. The van der Waals surface area contributed by atoms with Crippen LogP contribution in [0.4, 0.5) is 4.39 Å².